The van der Waals surface area contributed by atoms with Gasteiger partial charge in [-0.25, -0.2) is 9.18 Å². The van der Waals surface area contributed by atoms with Crippen LogP contribution in [0.1, 0.15) is 0 Å². The van der Waals surface area contributed by atoms with E-state index in [1.54, 1.807) is 24.3 Å². The molecule has 0 saturated carbocycles. The Morgan fingerprint density at radius 2 is 2.00 bits per heavy atom. The molecule has 0 spiro atoms. The normalized spacial score (nSPS) is 9.90. The van der Waals surface area contributed by atoms with Crippen molar-refractivity contribution in [2.75, 3.05) is 23.5 Å². The highest BCUT2D eigenvalue weighted by atomic mass is 19.1. The third kappa shape index (κ3) is 3.38. The SMILES string of the molecule is COc1ccc(N)c(NC(=O)Nc2cccc(F)c2)c1. The molecule has 0 aliphatic heterocycles. The first-order valence-corrected chi connectivity index (χ1v) is 5.85. The maximum atomic E-state index is 13.0. The van der Waals surface area contributed by atoms with Crippen LogP contribution in [0.15, 0.2) is 42.5 Å². The molecule has 5 nitrogen and oxygen atoms in total. The number of nitrogen functional groups attached to an aromatic ring is 1. The summed E-state index contributed by atoms with van der Waals surface area (Å²) in [6.07, 6.45) is 0. The number of hydrogen-bond acceptors (Lipinski definition) is 3. The van der Waals surface area contributed by atoms with Crippen LogP contribution in [-0.4, -0.2) is 13.1 Å². The van der Waals surface area contributed by atoms with Gasteiger partial charge in [0.15, 0.2) is 0 Å². The van der Waals surface area contributed by atoms with Crippen molar-refractivity contribution in [1.82, 2.24) is 0 Å². The predicted octanol–water partition coefficient (Wildman–Crippen LogP) is 3.06. The van der Waals surface area contributed by atoms with E-state index in [9.17, 15) is 9.18 Å². The molecule has 6 heteroatoms. The smallest absolute Gasteiger partial charge is 0.323 e. The number of benzene rings is 2. The molecule has 0 aliphatic carbocycles. The fourth-order valence-corrected chi connectivity index (χ4v) is 1.62. The fraction of sp³-hybridized carbons (Fsp3) is 0.0714. The Kier molecular flexibility index (Phi) is 4.05. The number of nitrogens with two attached hydrogens (primary N) is 1. The number of hydrogen-bond donors (Lipinski definition) is 3. The highest BCUT2D eigenvalue weighted by Gasteiger charge is 2.07. The summed E-state index contributed by atoms with van der Waals surface area (Å²) in [6.45, 7) is 0. The van der Waals surface area contributed by atoms with Crippen molar-refractivity contribution < 1.29 is 13.9 Å². The summed E-state index contributed by atoms with van der Waals surface area (Å²) in [5.41, 5.74) is 6.92. The van der Waals surface area contributed by atoms with Crippen LogP contribution in [0.5, 0.6) is 5.75 Å². The number of methoxy groups -OCH3 is 1. The van der Waals surface area contributed by atoms with Gasteiger partial charge in [-0.2, -0.15) is 0 Å². The van der Waals surface area contributed by atoms with E-state index in [1.165, 1.54) is 25.3 Å². The average molecular weight is 275 g/mol. The van der Waals surface area contributed by atoms with Gasteiger partial charge < -0.3 is 21.1 Å². The second-order valence-electron chi connectivity index (χ2n) is 4.04. The molecule has 20 heavy (non-hydrogen) atoms. The number of halogens is 1. The van der Waals surface area contributed by atoms with E-state index in [0.29, 0.717) is 22.8 Å². The van der Waals surface area contributed by atoms with E-state index in [2.05, 4.69) is 10.6 Å². The molecule has 0 radical (unpaired) electrons. The Bertz CT molecular complexity index is 632. The monoisotopic (exact) mass is 275 g/mol. The Labute approximate surface area is 115 Å². The molecule has 2 aromatic rings. The van der Waals surface area contributed by atoms with E-state index < -0.39 is 11.8 Å². The van der Waals surface area contributed by atoms with Gasteiger partial charge in [-0.3, -0.25) is 0 Å². The predicted molar refractivity (Wildman–Crippen MR) is 76.4 cm³/mol. The highest BCUT2D eigenvalue weighted by Crippen LogP contribution is 2.24. The topological polar surface area (TPSA) is 76.4 Å². The Balaban J connectivity index is 2.08. The van der Waals surface area contributed by atoms with Crippen LogP contribution in [0.25, 0.3) is 0 Å². The summed E-state index contributed by atoms with van der Waals surface area (Å²) in [5, 5.41) is 5.08. The van der Waals surface area contributed by atoms with Crippen molar-refractivity contribution in [3.05, 3.63) is 48.3 Å². The first kappa shape index (κ1) is 13.7. The van der Waals surface area contributed by atoms with Crippen LogP contribution in [0.3, 0.4) is 0 Å². The number of amides is 2. The number of urea groups is 1. The molecular weight excluding hydrogens is 261 g/mol. The van der Waals surface area contributed by atoms with Crippen LogP contribution < -0.4 is 21.1 Å². The first-order valence-electron chi connectivity index (χ1n) is 5.85. The molecule has 4 N–H and O–H groups in total. The lowest BCUT2D eigenvalue weighted by Gasteiger charge is -2.11. The van der Waals surface area contributed by atoms with Gasteiger partial charge in [0.05, 0.1) is 18.5 Å². The third-order valence-electron chi connectivity index (χ3n) is 2.59. The minimum absolute atomic E-state index is 0.351. The molecule has 0 fully saturated rings. The highest BCUT2D eigenvalue weighted by molar-refractivity contribution is 6.01. The minimum atomic E-state index is -0.518. The third-order valence-corrected chi connectivity index (χ3v) is 2.59. The molecule has 0 saturated heterocycles. The zero-order valence-electron chi connectivity index (χ0n) is 10.8. The molecule has 0 unspecified atom stereocenters. The Morgan fingerprint density at radius 3 is 2.70 bits per heavy atom. The summed E-state index contributed by atoms with van der Waals surface area (Å²) in [7, 11) is 1.52. The lowest BCUT2D eigenvalue weighted by atomic mass is 10.2. The van der Waals surface area contributed by atoms with E-state index in [1.807, 2.05) is 0 Å². The summed E-state index contributed by atoms with van der Waals surface area (Å²) < 4.78 is 18.0. The lowest BCUT2D eigenvalue weighted by molar-refractivity contribution is 0.262. The summed E-state index contributed by atoms with van der Waals surface area (Å²) >= 11 is 0. The Morgan fingerprint density at radius 1 is 1.20 bits per heavy atom. The lowest BCUT2D eigenvalue weighted by Crippen LogP contribution is -2.20. The maximum absolute atomic E-state index is 13.0. The number of carbonyl (C=O) groups excluding carboxylic acids is 1. The number of rotatable bonds is 3. The van der Waals surface area contributed by atoms with Gasteiger partial charge in [-0.05, 0) is 30.3 Å². The van der Waals surface area contributed by atoms with Gasteiger partial charge in [0.25, 0.3) is 0 Å². The molecule has 2 rings (SSSR count). The van der Waals surface area contributed by atoms with Gasteiger partial charge >= 0.3 is 6.03 Å². The van der Waals surface area contributed by atoms with E-state index in [4.69, 9.17) is 10.5 Å². The van der Waals surface area contributed by atoms with Gasteiger partial charge in [0.1, 0.15) is 11.6 Å². The first-order chi connectivity index (χ1) is 9.58. The molecule has 104 valence electrons. The molecule has 2 aromatic carbocycles. The minimum Gasteiger partial charge on any atom is -0.497 e. The summed E-state index contributed by atoms with van der Waals surface area (Å²) in [5.74, 6) is 0.143. The average Bonchev–Trinajstić information content (AvgIpc) is 2.41. The number of anilines is 3. The molecule has 0 aromatic heterocycles. The molecule has 0 bridgehead atoms. The van der Waals surface area contributed by atoms with Gasteiger partial charge in [0, 0.05) is 11.8 Å². The molecule has 2 amide bonds. The zero-order valence-corrected chi connectivity index (χ0v) is 10.8. The quantitative estimate of drug-likeness (QED) is 0.753. The summed E-state index contributed by atoms with van der Waals surface area (Å²) in [4.78, 5) is 11.8. The van der Waals surface area contributed by atoms with Gasteiger partial charge in [-0.1, -0.05) is 6.07 Å². The van der Waals surface area contributed by atoms with Crippen molar-refractivity contribution >= 4 is 23.1 Å². The maximum Gasteiger partial charge on any atom is 0.323 e. The largest absolute Gasteiger partial charge is 0.497 e. The fourth-order valence-electron chi connectivity index (χ4n) is 1.62. The van der Waals surface area contributed by atoms with Crippen LogP contribution in [-0.2, 0) is 0 Å². The van der Waals surface area contributed by atoms with E-state index in [0.717, 1.165) is 0 Å². The molecule has 0 atom stereocenters. The number of ether oxygens (including phenoxy) is 1. The van der Waals surface area contributed by atoms with Crippen LogP contribution in [0.4, 0.5) is 26.2 Å². The van der Waals surface area contributed by atoms with E-state index in [-0.39, 0.29) is 0 Å². The van der Waals surface area contributed by atoms with Crippen molar-refractivity contribution in [3.8, 4) is 5.75 Å². The zero-order chi connectivity index (χ0) is 14.5. The second kappa shape index (κ2) is 5.92. The van der Waals surface area contributed by atoms with Crippen LogP contribution in [0, 0.1) is 5.82 Å². The van der Waals surface area contributed by atoms with Gasteiger partial charge in [-0.15, -0.1) is 0 Å². The van der Waals surface area contributed by atoms with Crippen molar-refractivity contribution in [1.29, 1.82) is 0 Å². The number of carbonyl (C=O) groups is 1. The molecule has 0 aliphatic rings. The Hall–Kier alpha value is -2.76. The summed E-state index contributed by atoms with van der Waals surface area (Å²) in [6, 6.07) is 9.98. The van der Waals surface area contributed by atoms with Crippen LogP contribution in [0.2, 0.25) is 0 Å². The van der Waals surface area contributed by atoms with Crippen molar-refractivity contribution in [2.24, 2.45) is 0 Å². The van der Waals surface area contributed by atoms with Gasteiger partial charge in [0.2, 0.25) is 0 Å². The molecule has 0 heterocycles. The van der Waals surface area contributed by atoms with Crippen molar-refractivity contribution in [2.45, 2.75) is 0 Å². The van der Waals surface area contributed by atoms with E-state index >= 15 is 0 Å². The second-order valence-corrected chi connectivity index (χ2v) is 4.04. The molecular formula is C14H14FN3O2. The number of nitrogens with one attached hydrogen (secondary N) is 2. The standard InChI is InChI=1S/C14H14FN3O2/c1-20-11-5-6-12(16)13(8-11)18-14(19)17-10-4-2-3-9(15)7-10/h2-8H,16H2,1H3,(H2,17,18,19). The van der Waals surface area contributed by atoms with Crippen molar-refractivity contribution in [3.63, 3.8) is 0 Å². The van der Waals surface area contributed by atoms with Crippen LogP contribution >= 0.6 is 0 Å².